The molecule has 140 valence electrons. The van der Waals surface area contributed by atoms with E-state index in [2.05, 4.69) is 44.1 Å². The number of methoxy groups -OCH3 is 1. The summed E-state index contributed by atoms with van der Waals surface area (Å²) in [5.41, 5.74) is 4.32. The van der Waals surface area contributed by atoms with Gasteiger partial charge >= 0.3 is 0 Å². The van der Waals surface area contributed by atoms with Crippen LogP contribution < -0.4 is 9.47 Å². The van der Waals surface area contributed by atoms with Crippen molar-refractivity contribution < 1.29 is 9.47 Å². The minimum absolute atomic E-state index is 0.122. The molecule has 0 N–H and O–H groups in total. The molecule has 2 aromatic carbocycles. The second-order valence-corrected chi connectivity index (χ2v) is 7.72. The monoisotopic (exact) mass is 435 g/mol. The van der Waals surface area contributed by atoms with Crippen molar-refractivity contribution in [2.45, 2.75) is 18.7 Å². The minimum Gasteiger partial charge on any atom is -0.497 e. The fourth-order valence-electron chi connectivity index (χ4n) is 3.76. The van der Waals surface area contributed by atoms with Crippen LogP contribution in [0.5, 0.6) is 11.5 Å². The molecule has 3 heterocycles. The fraction of sp³-hybridized carbons (Fsp3) is 0.182. The smallest absolute Gasteiger partial charge is 0.213 e. The van der Waals surface area contributed by atoms with Crippen LogP contribution in [0.4, 0.5) is 0 Å². The number of hydrazone groups is 1. The first-order chi connectivity index (χ1) is 13.7. The van der Waals surface area contributed by atoms with E-state index in [1.807, 2.05) is 36.4 Å². The SMILES string of the molecule is COc1ccc(C2=NN3C(C2)c2cc(Br)ccc2OC3c2ccncc2)cc1. The van der Waals surface area contributed by atoms with Crippen LogP contribution in [-0.4, -0.2) is 22.8 Å². The van der Waals surface area contributed by atoms with Crippen molar-refractivity contribution >= 4 is 21.6 Å². The molecule has 0 bridgehead atoms. The Morgan fingerprint density at radius 3 is 2.61 bits per heavy atom. The number of benzene rings is 2. The molecule has 6 heteroatoms. The molecule has 0 amide bonds. The zero-order valence-corrected chi connectivity index (χ0v) is 16.8. The second kappa shape index (κ2) is 6.95. The molecule has 28 heavy (non-hydrogen) atoms. The van der Waals surface area contributed by atoms with Gasteiger partial charge in [-0.25, -0.2) is 5.01 Å². The molecular formula is C22H18BrN3O2. The summed E-state index contributed by atoms with van der Waals surface area (Å²) >= 11 is 3.59. The summed E-state index contributed by atoms with van der Waals surface area (Å²) in [5, 5.41) is 7.04. The Balaban J connectivity index is 1.57. The number of nitrogens with zero attached hydrogens (tertiary/aromatic N) is 3. The molecule has 2 aliphatic rings. The molecule has 0 aliphatic carbocycles. The summed E-state index contributed by atoms with van der Waals surface area (Å²) in [6, 6.07) is 18.3. The van der Waals surface area contributed by atoms with Crippen molar-refractivity contribution in [1.82, 2.24) is 9.99 Å². The Bertz CT molecular complexity index is 1040. The third kappa shape index (κ3) is 2.94. The molecule has 0 spiro atoms. The standard InChI is InChI=1S/C22H18BrN3O2/c1-27-17-5-2-14(3-6-17)19-13-20-18-12-16(23)4-7-21(18)28-22(26(20)25-19)15-8-10-24-11-9-15/h2-12,20,22H,13H2,1H3. The lowest BCUT2D eigenvalue weighted by Crippen LogP contribution is -2.33. The van der Waals surface area contributed by atoms with Crippen molar-refractivity contribution in [3.63, 3.8) is 0 Å². The first-order valence-electron chi connectivity index (χ1n) is 9.09. The number of rotatable bonds is 3. The number of pyridine rings is 1. The van der Waals surface area contributed by atoms with Gasteiger partial charge in [0.25, 0.3) is 0 Å². The molecule has 0 fully saturated rings. The summed E-state index contributed by atoms with van der Waals surface area (Å²) in [6.07, 6.45) is 4.11. The highest BCUT2D eigenvalue weighted by atomic mass is 79.9. The zero-order chi connectivity index (χ0) is 19.1. The van der Waals surface area contributed by atoms with E-state index in [0.29, 0.717) is 0 Å². The van der Waals surface area contributed by atoms with Crippen LogP contribution in [0.2, 0.25) is 0 Å². The number of hydrogen-bond acceptors (Lipinski definition) is 5. The molecule has 3 aromatic rings. The largest absolute Gasteiger partial charge is 0.497 e. The van der Waals surface area contributed by atoms with E-state index in [1.165, 1.54) is 0 Å². The average Bonchev–Trinajstić information content (AvgIpc) is 3.20. The Hall–Kier alpha value is -2.86. The highest BCUT2D eigenvalue weighted by Gasteiger charge is 2.41. The van der Waals surface area contributed by atoms with E-state index in [4.69, 9.17) is 14.6 Å². The Morgan fingerprint density at radius 1 is 1.07 bits per heavy atom. The van der Waals surface area contributed by atoms with Crippen LogP contribution in [0.3, 0.4) is 0 Å². The van der Waals surface area contributed by atoms with E-state index < -0.39 is 0 Å². The van der Waals surface area contributed by atoms with Crippen molar-refractivity contribution in [2.24, 2.45) is 5.10 Å². The van der Waals surface area contributed by atoms with Gasteiger partial charge in [-0.05, 0) is 60.2 Å². The van der Waals surface area contributed by atoms with Crippen molar-refractivity contribution in [3.05, 3.63) is 88.2 Å². The van der Waals surface area contributed by atoms with Gasteiger partial charge in [-0.3, -0.25) is 4.98 Å². The van der Waals surface area contributed by atoms with Crippen LogP contribution in [0, 0.1) is 0 Å². The van der Waals surface area contributed by atoms with Crippen LogP contribution >= 0.6 is 15.9 Å². The summed E-state index contributed by atoms with van der Waals surface area (Å²) < 4.78 is 12.7. The lowest BCUT2D eigenvalue weighted by Gasteiger charge is -2.38. The quantitative estimate of drug-likeness (QED) is 0.574. The van der Waals surface area contributed by atoms with E-state index >= 15 is 0 Å². The highest BCUT2D eigenvalue weighted by Crippen LogP contribution is 2.48. The normalized spacial score (nSPS) is 20.1. The van der Waals surface area contributed by atoms with Crippen LogP contribution in [0.15, 0.2) is 76.6 Å². The highest BCUT2D eigenvalue weighted by molar-refractivity contribution is 9.10. The minimum atomic E-state index is -0.280. The Morgan fingerprint density at radius 2 is 1.86 bits per heavy atom. The summed E-state index contributed by atoms with van der Waals surface area (Å²) in [5.74, 6) is 1.74. The van der Waals surface area contributed by atoms with E-state index in [-0.39, 0.29) is 12.3 Å². The first kappa shape index (κ1) is 17.3. The van der Waals surface area contributed by atoms with Crippen molar-refractivity contribution in [3.8, 4) is 11.5 Å². The third-order valence-corrected chi connectivity index (χ3v) is 5.66. The molecule has 2 atom stereocenters. The molecule has 0 saturated carbocycles. The first-order valence-corrected chi connectivity index (χ1v) is 9.88. The van der Waals surface area contributed by atoms with Gasteiger partial charge in [0.2, 0.25) is 6.23 Å². The van der Waals surface area contributed by atoms with Gasteiger partial charge in [0.15, 0.2) is 0 Å². The lowest BCUT2D eigenvalue weighted by molar-refractivity contribution is -0.0191. The number of hydrogen-bond donors (Lipinski definition) is 0. The molecule has 0 saturated heterocycles. The lowest BCUT2D eigenvalue weighted by atomic mass is 9.96. The molecule has 5 nitrogen and oxygen atoms in total. The Labute approximate surface area is 171 Å². The number of ether oxygens (including phenoxy) is 2. The maximum Gasteiger partial charge on any atom is 0.213 e. The van der Waals surface area contributed by atoms with E-state index in [9.17, 15) is 0 Å². The molecular weight excluding hydrogens is 418 g/mol. The van der Waals surface area contributed by atoms with Gasteiger partial charge < -0.3 is 9.47 Å². The maximum absolute atomic E-state index is 6.36. The number of halogens is 1. The van der Waals surface area contributed by atoms with Gasteiger partial charge in [-0.2, -0.15) is 5.10 Å². The van der Waals surface area contributed by atoms with Gasteiger partial charge in [0.1, 0.15) is 11.5 Å². The van der Waals surface area contributed by atoms with Crippen LogP contribution in [0.1, 0.15) is 35.4 Å². The van der Waals surface area contributed by atoms with Crippen LogP contribution in [-0.2, 0) is 0 Å². The maximum atomic E-state index is 6.36. The third-order valence-electron chi connectivity index (χ3n) is 5.17. The zero-order valence-electron chi connectivity index (χ0n) is 15.2. The average molecular weight is 436 g/mol. The van der Waals surface area contributed by atoms with Crippen molar-refractivity contribution in [1.29, 1.82) is 0 Å². The molecule has 1 aromatic heterocycles. The van der Waals surface area contributed by atoms with Crippen LogP contribution in [0.25, 0.3) is 0 Å². The van der Waals surface area contributed by atoms with Gasteiger partial charge in [0.05, 0.1) is 18.9 Å². The predicted octanol–water partition coefficient (Wildman–Crippen LogP) is 5.10. The molecule has 0 radical (unpaired) electrons. The van der Waals surface area contributed by atoms with E-state index in [1.54, 1.807) is 19.5 Å². The predicted molar refractivity (Wildman–Crippen MR) is 110 cm³/mol. The summed E-state index contributed by atoms with van der Waals surface area (Å²) in [6.45, 7) is 0. The van der Waals surface area contributed by atoms with Gasteiger partial charge in [-0.15, -0.1) is 0 Å². The van der Waals surface area contributed by atoms with E-state index in [0.717, 1.165) is 44.8 Å². The van der Waals surface area contributed by atoms with Crippen molar-refractivity contribution in [2.75, 3.05) is 7.11 Å². The second-order valence-electron chi connectivity index (χ2n) is 6.81. The van der Waals surface area contributed by atoms with Gasteiger partial charge in [0, 0.05) is 34.4 Å². The molecule has 5 rings (SSSR count). The molecule has 2 aliphatic heterocycles. The summed E-state index contributed by atoms with van der Waals surface area (Å²) in [4.78, 5) is 4.13. The molecule has 2 unspecified atom stereocenters. The fourth-order valence-corrected chi connectivity index (χ4v) is 4.14. The topological polar surface area (TPSA) is 47.0 Å². The number of aromatic nitrogens is 1. The number of fused-ring (bicyclic) bond motifs is 3. The van der Waals surface area contributed by atoms with Gasteiger partial charge in [-0.1, -0.05) is 15.9 Å². The Kier molecular flexibility index (Phi) is 4.28. The summed E-state index contributed by atoms with van der Waals surface area (Å²) in [7, 11) is 1.67.